The molecule has 13 heavy (non-hydrogen) atoms. The molecule has 0 radical (unpaired) electrons. The molecule has 0 saturated heterocycles. The summed E-state index contributed by atoms with van der Waals surface area (Å²) in [5, 5.41) is 0. The fourth-order valence-electron chi connectivity index (χ4n) is 1.79. The first-order valence-electron chi connectivity index (χ1n) is 4.35. The number of halogens is 3. The van der Waals surface area contributed by atoms with E-state index in [9.17, 15) is 8.78 Å². The zero-order chi connectivity index (χ0) is 9.42. The van der Waals surface area contributed by atoms with E-state index < -0.39 is 11.6 Å². The Kier molecular flexibility index (Phi) is 2.37. The van der Waals surface area contributed by atoms with Gasteiger partial charge in [-0.15, -0.1) is 0 Å². The van der Waals surface area contributed by atoms with Gasteiger partial charge >= 0.3 is 0 Å². The highest BCUT2D eigenvalue weighted by Gasteiger charge is 2.18. The number of fused-ring (bicyclic) bond motifs is 1. The molecule has 0 unspecified atom stereocenters. The Morgan fingerprint density at radius 2 is 1.85 bits per heavy atom. The van der Waals surface area contributed by atoms with Gasteiger partial charge in [-0.2, -0.15) is 0 Å². The van der Waals surface area contributed by atoms with E-state index in [1.807, 2.05) is 0 Å². The summed E-state index contributed by atoms with van der Waals surface area (Å²) >= 11 is 2.91. The Morgan fingerprint density at radius 3 is 2.62 bits per heavy atom. The van der Waals surface area contributed by atoms with Crippen LogP contribution in [0.2, 0.25) is 0 Å². The molecule has 0 fully saturated rings. The van der Waals surface area contributed by atoms with Crippen LogP contribution in [0.1, 0.15) is 24.0 Å². The number of benzene rings is 1. The largest absolute Gasteiger partial charge is 0.206 e. The van der Waals surface area contributed by atoms with Crippen LogP contribution in [0.25, 0.3) is 0 Å². The Morgan fingerprint density at radius 1 is 1.15 bits per heavy atom. The van der Waals surface area contributed by atoms with Gasteiger partial charge in [0.25, 0.3) is 0 Å². The topological polar surface area (TPSA) is 0 Å². The van der Waals surface area contributed by atoms with Gasteiger partial charge in [-0.05, 0) is 58.8 Å². The first kappa shape index (κ1) is 9.13. The summed E-state index contributed by atoms with van der Waals surface area (Å²) in [5.41, 5.74) is 1.53. The number of hydrogen-bond acceptors (Lipinski definition) is 0. The van der Waals surface area contributed by atoms with Crippen LogP contribution in [-0.4, -0.2) is 0 Å². The third-order valence-corrected chi connectivity index (χ3v) is 3.21. The van der Waals surface area contributed by atoms with E-state index in [2.05, 4.69) is 15.9 Å². The maximum Gasteiger partial charge on any atom is 0.143 e. The van der Waals surface area contributed by atoms with Gasteiger partial charge in [0.1, 0.15) is 11.6 Å². The monoisotopic (exact) mass is 246 g/mol. The standard InChI is InChI=1S/C10H9BrF2/c11-9-8(12)5-6-3-1-2-4-7(6)10(9)13/h5H,1-4H2. The molecule has 0 N–H and O–H groups in total. The van der Waals surface area contributed by atoms with Crippen molar-refractivity contribution in [1.82, 2.24) is 0 Å². The molecule has 0 bridgehead atoms. The molecule has 0 saturated carbocycles. The molecule has 0 nitrogen and oxygen atoms in total. The third kappa shape index (κ3) is 1.50. The van der Waals surface area contributed by atoms with E-state index in [4.69, 9.17) is 0 Å². The lowest BCUT2D eigenvalue weighted by molar-refractivity contribution is 0.539. The first-order chi connectivity index (χ1) is 6.20. The fraction of sp³-hybridized carbons (Fsp3) is 0.400. The van der Waals surface area contributed by atoms with Gasteiger partial charge in [-0.25, -0.2) is 8.78 Å². The lowest BCUT2D eigenvalue weighted by Crippen LogP contribution is -2.07. The normalized spacial score (nSPS) is 15.6. The second kappa shape index (κ2) is 3.37. The predicted octanol–water partition coefficient (Wildman–Crippen LogP) is 3.61. The highest BCUT2D eigenvalue weighted by Crippen LogP contribution is 2.30. The molecule has 1 aromatic rings. The summed E-state index contributed by atoms with van der Waals surface area (Å²) in [7, 11) is 0. The molecule has 0 aromatic heterocycles. The van der Waals surface area contributed by atoms with Crippen molar-refractivity contribution >= 4 is 15.9 Å². The molecule has 0 heterocycles. The number of rotatable bonds is 0. The summed E-state index contributed by atoms with van der Waals surface area (Å²) in [6.07, 6.45) is 3.58. The molecule has 0 aliphatic heterocycles. The average Bonchev–Trinajstić information content (AvgIpc) is 2.15. The molecule has 1 aliphatic carbocycles. The van der Waals surface area contributed by atoms with Crippen LogP contribution in [0.3, 0.4) is 0 Å². The maximum atomic E-state index is 13.5. The number of aryl methyl sites for hydroxylation is 1. The summed E-state index contributed by atoms with van der Waals surface area (Å²) in [5.74, 6) is -0.896. The SMILES string of the molecule is Fc1cc2c(c(F)c1Br)CCCC2. The molecule has 1 aliphatic rings. The fourth-order valence-corrected chi connectivity index (χ4v) is 2.15. The minimum Gasteiger partial charge on any atom is -0.206 e. The van der Waals surface area contributed by atoms with Crippen LogP contribution in [0.4, 0.5) is 8.78 Å². The van der Waals surface area contributed by atoms with E-state index in [0.717, 1.165) is 31.2 Å². The third-order valence-electron chi connectivity index (χ3n) is 2.48. The summed E-state index contributed by atoms with van der Waals surface area (Å²) in [6, 6.07) is 1.45. The molecule has 2 rings (SSSR count). The lowest BCUT2D eigenvalue weighted by Gasteiger charge is -2.17. The molecule has 0 atom stereocenters. The van der Waals surface area contributed by atoms with E-state index in [1.165, 1.54) is 6.07 Å². The highest BCUT2D eigenvalue weighted by atomic mass is 79.9. The Bertz CT molecular complexity index is 347. The lowest BCUT2D eigenvalue weighted by atomic mass is 9.91. The Hall–Kier alpha value is -0.440. The summed E-state index contributed by atoms with van der Waals surface area (Å²) in [6.45, 7) is 0. The van der Waals surface area contributed by atoms with Gasteiger partial charge in [0.2, 0.25) is 0 Å². The Labute approximate surface area is 84.1 Å². The van der Waals surface area contributed by atoms with Crippen LogP contribution in [0, 0.1) is 11.6 Å². The van der Waals surface area contributed by atoms with Crippen LogP contribution in [-0.2, 0) is 12.8 Å². The maximum absolute atomic E-state index is 13.5. The minimum atomic E-state index is -0.488. The van der Waals surface area contributed by atoms with Crippen LogP contribution >= 0.6 is 15.9 Å². The van der Waals surface area contributed by atoms with Gasteiger partial charge < -0.3 is 0 Å². The smallest absolute Gasteiger partial charge is 0.143 e. The van der Waals surface area contributed by atoms with Crippen molar-refractivity contribution in [1.29, 1.82) is 0 Å². The molecule has 0 amide bonds. The van der Waals surface area contributed by atoms with Gasteiger partial charge in [0.15, 0.2) is 0 Å². The van der Waals surface area contributed by atoms with Crippen molar-refractivity contribution in [3.63, 3.8) is 0 Å². The molecule has 0 spiro atoms. The van der Waals surface area contributed by atoms with Gasteiger partial charge in [-0.3, -0.25) is 0 Å². The second-order valence-electron chi connectivity index (χ2n) is 3.33. The van der Waals surface area contributed by atoms with Crippen LogP contribution < -0.4 is 0 Å². The Balaban J connectivity index is 2.60. The average molecular weight is 247 g/mol. The minimum absolute atomic E-state index is 0.0202. The van der Waals surface area contributed by atoms with Gasteiger partial charge in [-0.1, -0.05) is 0 Å². The highest BCUT2D eigenvalue weighted by molar-refractivity contribution is 9.10. The van der Waals surface area contributed by atoms with Gasteiger partial charge in [0.05, 0.1) is 4.47 Å². The van der Waals surface area contributed by atoms with Crippen LogP contribution in [0.15, 0.2) is 10.5 Å². The zero-order valence-electron chi connectivity index (χ0n) is 7.04. The predicted molar refractivity (Wildman–Crippen MR) is 50.7 cm³/mol. The molecule has 1 aromatic carbocycles. The molecule has 3 heteroatoms. The van der Waals surface area contributed by atoms with Crippen molar-refractivity contribution in [2.75, 3.05) is 0 Å². The van der Waals surface area contributed by atoms with Crippen molar-refractivity contribution in [3.05, 3.63) is 33.3 Å². The van der Waals surface area contributed by atoms with Crippen molar-refractivity contribution in [3.8, 4) is 0 Å². The number of hydrogen-bond donors (Lipinski definition) is 0. The van der Waals surface area contributed by atoms with E-state index in [-0.39, 0.29) is 4.47 Å². The van der Waals surface area contributed by atoms with Gasteiger partial charge in [0, 0.05) is 0 Å². The second-order valence-corrected chi connectivity index (χ2v) is 4.12. The zero-order valence-corrected chi connectivity index (χ0v) is 8.63. The van der Waals surface area contributed by atoms with Crippen molar-refractivity contribution in [2.45, 2.75) is 25.7 Å². The van der Waals surface area contributed by atoms with Crippen LogP contribution in [0.5, 0.6) is 0 Å². The van der Waals surface area contributed by atoms with Crippen molar-refractivity contribution in [2.24, 2.45) is 0 Å². The first-order valence-corrected chi connectivity index (χ1v) is 5.14. The van der Waals surface area contributed by atoms with E-state index in [0.29, 0.717) is 5.56 Å². The molecule has 70 valence electrons. The summed E-state index contributed by atoms with van der Waals surface area (Å²) in [4.78, 5) is 0. The van der Waals surface area contributed by atoms with E-state index in [1.54, 1.807) is 0 Å². The molecular weight excluding hydrogens is 238 g/mol. The quantitative estimate of drug-likeness (QED) is 0.614. The summed E-state index contributed by atoms with van der Waals surface area (Å²) < 4.78 is 26.5. The van der Waals surface area contributed by atoms with Crippen molar-refractivity contribution < 1.29 is 8.78 Å². The van der Waals surface area contributed by atoms with E-state index >= 15 is 0 Å². The molecular formula is C10H9BrF2.